The van der Waals surface area contributed by atoms with Gasteiger partial charge < -0.3 is 0 Å². The Hall–Kier alpha value is -1.06. The molecule has 3 nitrogen and oxygen atoms in total. The second-order valence-electron chi connectivity index (χ2n) is 14.5. The Kier molecular flexibility index (Phi) is 21.7. The summed E-state index contributed by atoms with van der Waals surface area (Å²) in [7, 11) is 5.39. The minimum atomic E-state index is -0.116. The molecular weight excluding hydrogens is 477 g/mol. The molecule has 1 rings (SSSR count). The zero-order valence-electron chi connectivity index (χ0n) is 29.6. The Labute approximate surface area is 248 Å². The van der Waals surface area contributed by atoms with E-state index in [0.717, 1.165) is 25.6 Å². The van der Waals surface area contributed by atoms with Crippen LogP contribution in [0.2, 0.25) is 6.32 Å². The molecule has 1 aliphatic heterocycles. The van der Waals surface area contributed by atoms with Crippen LogP contribution in [0.5, 0.6) is 0 Å². The van der Waals surface area contributed by atoms with E-state index < -0.39 is 0 Å². The molecular formula is C35H70BNO2. The average Bonchev–Trinajstić information content (AvgIpc) is 3.06. The van der Waals surface area contributed by atoms with Crippen molar-refractivity contribution >= 4 is 19.7 Å². The molecule has 0 saturated carbocycles. The molecule has 230 valence electrons. The van der Waals surface area contributed by atoms with Crippen molar-refractivity contribution in [2.24, 2.45) is 21.7 Å². The third kappa shape index (κ3) is 19.6. The van der Waals surface area contributed by atoms with Crippen LogP contribution in [0.25, 0.3) is 0 Å². The van der Waals surface area contributed by atoms with Gasteiger partial charge in [0.1, 0.15) is 0 Å². The smallest absolute Gasteiger partial charge is 0.256 e. The van der Waals surface area contributed by atoms with Gasteiger partial charge in [-0.3, -0.25) is 14.5 Å². The van der Waals surface area contributed by atoms with Crippen LogP contribution in [0.1, 0.15) is 169 Å². The molecule has 0 aromatic rings. The highest BCUT2D eigenvalue weighted by atomic mass is 16.2. The van der Waals surface area contributed by atoms with Crippen LogP contribution >= 0.6 is 0 Å². The molecule has 2 radical (unpaired) electrons. The Bertz CT molecular complexity index is 668. The summed E-state index contributed by atoms with van der Waals surface area (Å²) in [6.07, 6.45) is 11.7. The number of imide groups is 1. The van der Waals surface area contributed by atoms with Gasteiger partial charge in [0.15, 0.2) is 0 Å². The molecule has 39 heavy (non-hydrogen) atoms. The number of nitrogens with zero attached hydrogens (tertiary/aromatic N) is 1. The van der Waals surface area contributed by atoms with E-state index in [0.29, 0.717) is 33.9 Å². The molecule has 0 aromatic carbocycles. The summed E-state index contributed by atoms with van der Waals surface area (Å²) >= 11 is 0. The van der Waals surface area contributed by atoms with Crippen molar-refractivity contribution < 1.29 is 9.59 Å². The van der Waals surface area contributed by atoms with E-state index in [-0.39, 0.29) is 17.2 Å². The largest absolute Gasteiger partial charge is 0.275 e. The molecule has 0 aromatic heterocycles. The van der Waals surface area contributed by atoms with Crippen molar-refractivity contribution in [1.82, 2.24) is 4.90 Å². The average molecular weight is 548 g/mol. The molecule has 0 saturated heterocycles. The first-order valence-corrected chi connectivity index (χ1v) is 15.9. The van der Waals surface area contributed by atoms with Crippen molar-refractivity contribution in [3.05, 3.63) is 11.1 Å². The summed E-state index contributed by atoms with van der Waals surface area (Å²) in [5, 5.41) is 0. The molecule has 0 unspecified atom stereocenters. The molecule has 0 aliphatic carbocycles. The fourth-order valence-corrected chi connectivity index (χ4v) is 3.28. The number of rotatable bonds is 12. The highest BCUT2D eigenvalue weighted by Gasteiger charge is 2.33. The van der Waals surface area contributed by atoms with Crippen LogP contribution < -0.4 is 0 Å². The van der Waals surface area contributed by atoms with Gasteiger partial charge in [-0.05, 0) is 48.3 Å². The lowest BCUT2D eigenvalue weighted by molar-refractivity contribution is -0.137. The molecule has 2 amide bonds. The first-order valence-electron chi connectivity index (χ1n) is 15.9. The summed E-state index contributed by atoms with van der Waals surface area (Å²) in [6, 6.07) is 0. The normalized spacial score (nSPS) is 14.3. The number of amides is 2. The van der Waals surface area contributed by atoms with E-state index in [1.165, 1.54) is 43.4 Å². The predicted molar refractivity (Wildman–Crippen MR) is 176 cm³/mol. The first kappa shape index (κ1) is 42.4. The van der Waals surface area contributed by atoms with Crippen molar-refractivity contribution in [2.75, 3.05) is 6.54 Å². The van der Waals surface area contributed by atoms with Crippen molar-refractivity contribution in [3.63, 3.8) is 0 Å². The van der Waals surface area contributed by atoms with E-state index in [9.17, 15) is 9.59 Å². The molecule has 1 aliphatic rings. The van der Waals surface area contributed by atoms with Gasteiger partial charge in [0.2, 0.25) is 0 Å². The van der Waals surface area contributed by atoms with E-state index in [2.05, 4.69) is 96.9 Å². The van der Waals surface area contributed by atoms with Crippen LogP contribution in [0.3, 0.4) is 0 Å². The first-order chi connectivity index (χ1) is 17.7. The van der Waals surface area contributed by atoms with Crippen LogP contribution in [-0.4, -0.2) is 31.1 Å². The van der Waals surface area contributed by atoms with Crippen LogP contribution in [0.15, 0.2) is 11.1 Å². The molecule has 1 heterocycles. The summed E-state index contributed by atoms with van der Waals surface area (Å²) in [4.78, 5) is 24.9. The van der Waals surface area contributed by atoms with Crippen molar-refractivity contribution in [3.8, 4) is 0 Å². The highest BCUT2D eigenvalue weighted by molar-refractivity contribution is 6.18. The monoisotopic (exact) mass is 548 g/mol. The SMILES string of the molecule is CCC(C)(C)CC.CCC(C)(C)CCN1C(=O)C(C)=C(C)C1=O.CCCC(C)(C)CC.[B]CCC(C)(C)CC. The molecule has 0 fully saturated rings. The third-order valence-corrected chi connectivity index (χ3v) is 9.24. The van der Waals surface area contributed by atoms with E-state index in [1.807, 2.05) is 0 Å². The summed E-state index contributed by atoms with van der Waals surface area (Å²) in [6.45, 7) is 35.4. The maximum absolute atomic E-state index is 11.8. The Morgan fingerprint density at radius 3 is 1.05 bits per heavy atom. The second kappa shape index (κ2) is 19.9. The van der Waals surface area contributed by atoms with E-state index >= 15 is 0 Å². The highest BCUT2D eigenvalue weighted by Crippen LogP contribution is 2.28. The van der Waals surface area contributed by atoms with Crippen LogP contribution in [0.4, 0.5) is 0 Å². The number of carbonyl (C=O) groups is 2. The lowest BCUT2D eigenvalue weighted by Crippen LogP contribution is -2.34. The second-order valence-corrected chi connectivity index (χ2v) is 14.5. The van der Waals surface area contributed by atoms with Crippen LogP contribution in [-0.2, 0) is 9.59 Å². The minimum Gasteiger partial charge on any atom is -0.275 e. The quantitative estimate of drug-likeness (QED) is 0.180. The lowest BCUT2D eigenvalue weighted by atomic mass is 9.81. The molecule has 0 bridgehead atoms. The number of hydrogen-bond acceptors (Lipinski definition) is 2. The van der Waals surface area contributed by atoms with Gasteiger partial charge in [-0.1, -0.05) is 148 Å². The fourth-order valence-electron chi connectivity index (χ4n) is 3.28. The van der Waals surface area contributed by atoms with Gasteiger partial charge in [0, 0.05) is 17.7 Å². The standard InChI is InChI=1S/C13H21NO2.C8H18.C7H15B.C7H16/c1-6-13(4,5)7-8-14-11(15)9(2)10(3)12(14)16;1-5-7-8(3,4)6-2;1-4-7(2,3)5-6-8;1-5-7(3,4)6-2/h6-8H2,1-5H3;5-7H2,1-4H3;4-6H2,1-3H3;5-6H2,1-4H3. The Morgan fingerprint density at radius 1 is 0.538 bits per heavy atom. The van der Waals surface area contributed by atoms with E-state index in [1.54, 1.807) is 13.8 Å². The molecule has 0 N–H and O–H groups in total. The van der Waals surface area contributed by atoms with Gasteiger partial charge in [-0.15, -0.1) is 0 Å². The summed E-state index contributed by atoms with van der Waals surface area (Å²) in [5.74, 6) is -0.233. The third-order valence-electron chi connectivity index (χ3n) is 9.24. The van der Waals surface area contributed by atoms with Gasteiger partial charge in [0.25, 0.3) is 11.8 Å². The maximum Gasteiger partial charge on any atom is 0.256 e. The number of carbonyl (C=O) groups excluding carboxylic acids is 2. The maximum atomic E-state index is 11.8. The Morgan fingerprint density at radius 2 is 0.846 bits per heavy atom. The van der Waals surface area contributed by atoms with E-state index in [4.69, 9.17) is 7.85 Å². The van der Waals surface area contributed by atoms with Gasteiger partial charge >= 0.3 is 0 Å². The predicted octanol–water partition coefficient (Wildman–Crippen LogP) is 11.0. The van der Waals surface area contributed by atoms with Crippen LogP contribution in [0, 0.1) is 21.7 Å². The molecule has 0 atom stereocenters. The molecule has 0 spiro atoms. The summed E-state index contributed by atoms with van der Waals surface area (Å²) < 4.78 is 0. The minimum absolute atomic E-state index is 0.116. The number of hydrogen-bond donors (Lipinski definition) is 0. The van der Waals surface area contributed by atoms with Gasteiger partial charge in [-0.25, -0.2) is 0 Å². The summed E-state index contributed by atoms with van der Waals surface area (Å²) in [5.41, 5.74) is 3.02. The fraction of sp³-hybridized carbons (Fsp3) is 0.886. The Balaban J connectivity index is -0.000000481. The topological polar surface area (TPSA) is 37.4 Å². The zero-order valence-corrected chi connectivity index (χ0v) is 29.6. The van der Waals surface area contributed by atoms with Crippen molar-refractivity contribution in [2.45, 2.75) is 175 Å². The molecule has 4 heteroatoms. The zero-order chi connectivity index (χ0) is 31.7. The lowest BCUT2D eigenvalue weighted by Gasteiger charge is -2.25. The van der Waals surface area contributed by atoms with Gasteiger partial charge in [0.05, 0.1) is 7.85 Å². The van der Waals surface area contributed by atoms with Crippen molar-refractivity contribution in [1.29, 1.82) is 0 Å². The van der Waals surface area contributed by atoms with Gasteiger partial charge in [-0.2, -0.15) is 0 Å².